The summed E-state index contributed by atoms with van der Waals surface area (Å²) < 4.78 is 46.1. The second-order valence-corrected chi connectivity index (χ2v) is 6.86. The predicted octanol–water partition coefficient (Wildman–Crippen LogP) is 4.92. The monoisotopic (exact) mass is 430 g/mol. The lowest BCUT2D eigenvalue weighted by molar-refractivity contribution is -0.274. The SMILES string of the molecule is Cc1cc(C2CN(C(=O)Nc3ccc(OC(F)(F)F)cc3)N=C2c2ccccc2)on1. The predicted molar refractivity (Wildman–Crippen MR) is 106 cm³/mol. The highest BCUT2D eigenvalue weighted by Crippen LogP contribution is 2.30. The van der Waals surface area contributed by atoms with E-state index in [1.165, 1.54) is 17.1 Å². The first-order chi connectivity index (χ1) is 14.8. The Bertz CT molecular complexity index is 1100. The van der Waals surface area contributed by atoms with Gasteiger partial charge in [0.1, 0.15) is 11.5 Å². The molecule has 4 rings (SSSR count). The molecule has 3 aromatic rings. The minimum atomic E-state index is -4.78. The van der Waals surface area contributed by atoms with Crippen LogP contribution in [-0.2, 0) is 0 Å². The summed E-state index contributed by atoms with van der Waals surface area (Å²) in [6, 6.07) is 15.5. The van der Waals surface area contributed by atoms with Gasteiger partial charge in [-0.15, -0.1) is 13.2 Å². The molecule has 2 amide bonds. The summed E-state index contributed by atoms with van der Waals surface area (Å²) in [6.45, 7) is 2.03. The van der Waals surface area contributed by atoms with E-state index in [9.17, 15) is 18.0 Å². The number of amides is 2. The lowest BCUT2D eigenvalue weighted by Gasteiger charge is -2.15. The van der Waals surface area contributed by atoms with Crippen molar-refractivity contribution in [3.8, 4) is 5.75 Å². The fraction of sp³-hybridized carbons (Fsp3) is 0.190. The van der Waals surface area contributed by atoms with Crippen molar-refractivity contribution in [2.24, 2.45) is 5.10 Å². The Hall–Kier alpha value is -3.82. The van der Waals surface area contributed by atoms with Gasteiger partial charge in [-0.3, -0.25) is 0 Å². The number of benzene rings is 2. The van der Waals surface area contributed by atoms with E-state index in [0.29, 0.717) is 22.9 Å². The normalized spacial score (nSPS) is 16.2. The highest BCUT2D eigenvalue weighted by molar-refractivity contribution is 6.07. The van der Waals surface area contributed by atoms with Gasteiger partial charge in [0.2, 0.25) is 0 Å². The van der Waals surface area contributed by atoms with E-state index in [4.69, 9.17) is 4.52 Å². The molecule has 0 fully saturated rings. The number of nitrogens with one attached hydrogen (secondary N) is 1. The summed E-state index contributed by atoms with van der Waals surface area (Å²) in [5.41, 5.74) is 2.51. The maximum absolute atomic E-state index is 12.7. The Labute approximate surface area is 175 Å². The molecule has 2 aromatic carbocycles. The fourth-order valence-electron chi connectivity index (χ4n) is 3.20. The standard InChI is InChI=1S/C21H17F3N4O3/c1-13-11-18(31-27-13)17-12-28(26-19(17)14-5-3-2-4-6-14)20(29)25-15-7-9-16(10-8-15)30-21(22,23)24/h2-11,17H,12H2,1H3,(H,25,29). The number of carbonyl (C=O) groups is 1. The van der Waals surface area contributed by atoms with Crippen LogP contribution < -0.4 is 10.1 Å². The van der Waals surface area contributed by atoms with Crippen LogP contribution in [0.4, 0.5) is 23.7 Å². The number of anilines is 1. The number of rotatable bonds is 4. The molecule has 0 saturated carbocycles. The van der Waals surface area contributed by atoms with Crippen molar-refractivity contribution in [2.75, 3.05) is 11.9 Å². The summed E-state index contributed by atoms with van der Waals surface area (Å²) >= 11 is 0. The summed E-state index contributed by atoms with van der Waals surface area (Å²) in [4.78, 5) is 12.7. The number of aryl methyl sites for hydroxylation is 1. The Morgan fingerprint density at radius 3 is 2.48 bits per heavy atom. The number of carbonyl (C=O) groups excluding carboxylic acids is 1. The van der Waals surface area contributed by atoms with Gasteiger partial charge >= 0.3 is 12.4 Å². The molecule has 0 saturated heterocycles. The molecular formula is C21H17F3N4O3. The van der Waals surface area contributed by atoms with Gasteiger partial charge in [0.05, 0.1) is 23.9 Å². The molecule has 7 nitrogen and oxygen atoms in total. The summed E-state index contributed by atoms with van der Waals surface area (Å²) in [5, 5.41) is 12.3. The quantitative estimate of drug-likeness (QED) is 0.637. The van der Waals surface area contributed by atoms with Crippen molar-refractivity contribution in [2.45, 2.75) is 19.2 Å². The van der Waals surface area contributed by atoms with Crippen molar-refractivity contribution >= 4 is 17.4 Å². The van der Waals surface area contributed by atoms with E-state index >= 15 is 0 Å². The lowest BCUT2D eigenvalue weighted by Crippen LogP contribution is -2.30. The van der Waals surface area contributed by atoms with Crippen LogP contribution in [0.3, 0.4) is 0 Å². The number of ether oxygens (including phenoxy) is 1. The zero-order valence-electron chi connectivity index (χ0n) is 16.3. The number of hydrogen-bond acceptors (Lipinski definition) is 5. The number of nitrogens with zero attached hydrogens (tertiary/aromatic N) is 3. The van der Waals surface area contributed by atoms with Gasteiger partial charge in [-0.2, -0.15) is 5.10 Å². The van der Waals surface area contributed by atoms with Crippen LogP contribution in [0, 0.1) is 6.92 Å². The molecule has 0 spiro atoms. The number of urea groups is 1. The largest absolute Gasteiger partial charge is 0.573 e. The van der Waals surface area contributed by atoms with E-state index in [-0.39, 0.29) is 18.2 Å². The second-order valence-electron chi connectivity index (χ2n) is 6.86. The van der Waals surface area contributed by atoms with Gasteiger partial charge in [-0.25, -0.2) is 9.80 Å². The smallest absolute Gasteiger partial charge is 0.406 e. The molecule has 0 aliphatic carbocycles. The van der Waals surface area contributed by atoms with E-state index in [2.05, 4.69) is 20.3 Å². The molecule has 2 heterocycles. The Balaban J connectivity index is 1.52. The van der Waals surface area contributed by atoms with Gasteiger partial charge in [0.15, 0.2) is 0 Å². The van der Waals surface area contributed by atoms with Gasteiger partial charge in [-0.05, 0) is 36.8 Å². The third-order valence-electron chi connectivity index (χ3n) is 4.55. The molecule has 31 heavy (non-hydrogen) atoms. The number of aromatic nitrogens is 1. The average molecular weight is 430 g/mol. The molecule has 1 aliphatic heterocycles. The van der Waals surface area contributed by atoms with Gasteiger partial charge in [-0.1, -0.05) is 35.5 Å². The molecule has 1 aliphatic rings. The summed E-state index contributed by atoms with van der Waals surface area (Å²) in [7, 11) is 0. The van der Waals surface area contributed by atoms with Gasteiger partial charge < -0.3 is 14.6 Å². The summed E-state index contributed by atoms with van der Waals surface area (Å²) in [6.07, 6.45) is -4.78. The molecule has 10 heteroatoms. The first kappa shape index (κ1) is 20.5. The van der Waals surface area contributed by atoms with Crippen LogP contribution >= 0.6 is 0 Å². The topological polar surface area (TPSA) is 80.0 Å². The van der Waals surface area contributed by atoms with Crippen LogP contribution in [0.5, 0.6) is 5.75 Å². The molecule has 0 radical (unpaired) electrons. The first-order valence-electron chi connectivity index (χ1n) is 9.30. The van der Waals surface area contributed by atoms with Crippen LogP contribution in [0.15, 0.2) is 70.3 Å². The first-order valence-corrected chi connectivity index (χ1v) is 9.30. The van der Waals surface area contributed by atoms with Crippen molar-refractivity contribution in [1.29, 1.82) is 0 Å². The van der Waals surface area contributed by atoms with Crippen molar-refractivity contribution in [3.63, 3.8) is 0 Å². The van der Waals surface area contributed by atoms with Gasteiger partial charge in [0.25, 0.3) is 0 Å². The Morgan fingerprint density at radius 1 is 1.16 bits per heavy atom. The molecule has 1 N–H and O–H groups in total. The van der Waals surface area contributed by atoms with E-state index in [0.717, 1.165) is 17.7 Å². The van der Waals surface area contributed by atoms with E-state index in [1.54, 1.807) is 13.0 Å². The fourth-order valence-corrected chi connectivity index (χ4v) is 3.20. The van der Waals surface area contributed by atoms with E-state index in [1.807, 2.05) is 30.3 Å². The molecule has 160 valence electrons. The highest BCUT2D eigenvalue weighted by atomic mass is 19.4. The minimum Gasteiger partial charge on any atom is -0.406 e. The maximum Gasteiger partial charge on any atom is 0.573 e. The van der Waals surface area contributed by atoms with Crippen molar-refractivity contribution in [1.82, 2.24) is 10.2 Å². The number of hydrogen-bond donors (Lipinski definition) is 1. The van der Waals surface area contributed by atoms with Crippen LogP contribution in [0.2, 0.25) is 0 Å². The Morgan fingerprint density at radius 2 is 1.87 bits per heavy atom. The van der Waals surface area contributed by atoms with Crippen LogP contribution in [0.1, 0.15) is 22.9 Å². The van der Waals surface area contributed by atoms with Gasteiger partial charge in [0, 0.05) is 11.8 Å². The zero-order chi connectivity index (χ0) is 22.0. The van der Waals surface area contributed by atoms with Crippen molar-refractivity contribution in [3.05, 3.63) is 77.7 Å². The number of halogens is 3. The molecule has 1 unspecified atom stereocenters. The van der Waals surface area contributed by atoms with Crippen LogP contribution in [-0.4, -0.2) is 34.8 Å². The maximum atomic E-state index is 12.7. The zero-order valence-corrected chi connectivity index (χ0v) is 16.3. The van der Waals surface area contributed by atoms with E-state index < -0.39 is 12.4 Å². The number of alkyl halides is 3. The highest BCUT2D eigenvalue weighted by Gasteiger charge is 2.35. The lowest BCUT2D eigenvalue weighted by atomic mass is 9.95. The molecule has 1 atom stereocenters. The average Bonchev–Trinajstić information content (AvgIpc) is 3.35. The summed E-state index contributed by atoms with van der Waals surface area (Å²) in [5.74, 6) is -0.0993. The van der Waals surface area contributed by atoms with Crippen LogP contribution in [0.25, 0.3) is 0 Å². The number of hydrazone groups is 1. The molecule has 0 bridgehead atoms. The third-order valence-corrected chi connectivity index (χ3v) is 4.55. The molecular weight excluding hydrogens is 413 g/mol. The Kier molecular flexibility index (Phi) is 5.37. The van der Waals surface area contributed by atoms with Crippen molar-refractivity contribution < 1.29 is 27.2 Å². The minimum absolute atomic E-state index is 0.222. The second kappa shape index (κ2) is 8.13. The third kappa shape index (κ3) is 4.85. The molecule has 1 aromatic heterocycles.